The van der Waals surface area contributed by atoms with E-state index in [-0.39, 0.29) is 30.5 Å². The Hall–Kier alpha value is -2.54. The minimum Gasteiger partial charge on any atom is -0.396 e. The molecule has 0 amide bonds. The highest BCUT2D eigenvalue weighted by Crippen LogP contribution is 2.38. The lowest BCUT2D eigenvalue weighted by molar-refractivity contribution is -0.151. The zero-order chi connectivity index (χ0) is 24.3. The van der Waals surface area contributed by atoms with Crippen molar-refractivity contribution in [1.82, 2.24) is 0 Å². The van der Waals surface area contributed by atoms with Crippen LogP contribution in [0.3, 0.4) is 0 Å². The van der Waals surface area contributed by atoms with Gasteiger partial charge in [0.05, 0.1) is 45.2 Å². The molecule has 5 heteroatoms. The van der Waals surface area contributed by atoms with Gasteiger partial charge < -0.3 is 24.4 Å². The number of benzene rings is 3. The fourth-order valence-corrected chi connectivity index (χ4v) is 4.94. The lowest BCUT2D eigenvalue weighted by Crippen LogP contribution is -2.51. The fraction of sp³-hybridized carbons (Fsp3) is 0.400. The Kier molecular flexibility index (Phi) is 9.87. The summed E-state index contributed by atoms with van der Waals surface area (Å²) in [4.78, 5) is 0. The molecule has 2 N–H and O–H groups in total. The van der Waals surface area contributed by atoms with Gasteiger partial charge in [0.1, 0.15) is 0 Å². The quantitative estimate of drug-likeness (QED) is 0.400. The van der Waals surface area contributed by atoms with E-state index in [1.165, 1.54) is 0 Å². The predicted octanol–water partition coefficient (Wildman–Crippen LogP) is 4.61. The average Bonchev–Trinajstić information content (AvgIpc) is 2.90. The lowest BCUT2D eigenvalue weighted by atomic mass is 9.69. The number of aliphatic hydroxyl groups excluding tert-OH is 2. The third-order valence-electron chi connectivity index (χ3n) is 6.91. The monoisotopic (exact) mass is 476 g/mol. The second-order valence-corrected chi connectivity index (χ2v) is 9.31. The van der Waals surface area contributed by atoms with Crippen molar-refractivity contribution in [3.63, 3.8) is 0 Å². The lowest BCUT2D eigenvalue weighted by Gasteiger charge is -2.44. The van der Waals surface area contributed by atoms with Gasteiger partial charge >= 0.3 is 0 Å². The van der Waals surface area contributed by atoms with E-state index >= 15 is 0 Å². The first-order valence-electron chi connectivity index (χ1n) is 12.4. The average molecular weight is 477 g/mol. The van der Waals surface area contributed by atoms with Crippen LogP contribution < -0.4 is 0 Å². The summed E-state index contributed by atoms with van der Waals surface area (Å²) >= 11 is 0. The van der Waals surface area contributed by atoms with Crippen LogP contribution in [0.2, 0.25) is 0 Å². The highest BCUT2D eigenvalue weighted by atomic mass is 16.5. The Morgan fingerprint density at radius 1 is 0.600 bits per heavy atom. The molecular weight excluding hydrogens is 440 g/mol. The Labute approximate surface area is 208 Å². The van der Waals surface area contributed by atoms with Gasteiger partial charge in [-0.15, -0.1) is 0 Å². The summed E-state index contributed by atoms with van der Waals surface area (Å²) in [7, 11) is 0. The molecule has 4 rings (SSSR count). The topological polar surface area (TPSA) is 68.2 Å². The summed E-state index contributed by atoms with van der Waals surface area (Å²) in [6.07, 6.45) is -0.391. The van der Waals surface area contributed by atoms with Gasteiger partial charge in [0, 0.05) is 24.9 Å². The van der Waals surface area contributed by atoms with Gasteiger partial charge in [0.15, 0.2) is 0 Å². The Balaban J connectivity index is 1.46. The fourth-order valence-electron chi connectivity index (χ4n) is 4.94. The highest BCUT2D eigenvalue weighted by molar-refractivity contribution is 5.15. The molecule has 3 aromatic carbocycles. The van der Waals surface area contributed by atoms with E-state index in [1.807, 2.05) is 91.0 Å². The SMILES string of the molecule is OC[C@H]1[C@H](COCc2ccccc2)[C@H](COCc2ccccc2)[C@@H](OCc2ccccc2)C[C@H]1O. The normalized spacial score (nSPS) is 24.3. The highest BCUT2D eigenvalue weighted by Gasteiger charge is 2.44. The second kappa shape index (κ2) is 13.5. The van der Waals surface area contributed by atoms with Crippen LogP contribution in [0, 0.1) is 17.8 Å². The smallest absolute Gasteiger partial charge is 0.0720 e. The molecule has 0 saturated heterocycles. The first kappa shape index (κ1) is 25.5. The van der Waals surface area contributed by atoms with Crippen LogP contribution in [0.4, 0.5) is 0 Å². The predicted molar refractivity (Wildman–Crippen MR) is 135 cm³/mol. The van der Waals surface area contributed by atoms with Crippen LogP contribution in [0.25, 0.3) is 0 Å². The molecule has 0 spiro atoms. The molecule has 1 saturated carbocycles. The van der Waals surface area contributed by atoms with E-state index in [4.69, 9.17) is 14.2 Å². The summed E-state index contributed by atoms with van der Waals surface area (Å²) in [5, 5.41) is 21.1. The molecule has 0 bridgehead atoms. The van der Waals surface area contributed by atoms with Crippen LogP contribution in [-0.4, -0.2) is 42.2 Å². The Bertz CT molecular complexity index is 966. The molecular formula is C30H36O5. The molecule has 186 valence electrons. The molecule has 0 unspecified atom stereocenters. The number of hydrogen-bond donors (Lipinski definition) is 2. The van der Waals surface area contributed by atoms with Gasteiger partial charge in [0.2, 0.25) is 0 Å². The molecule has 0 radical (unpaired) electrons. The molecule has 1 aliphatic rings. The van der Waals surface area contributed by atoms with Crippen LogP contribution >= 0.6 is 0 Å². The maximum absolute atomic E-state index is 10.9. The number of rotatable bonds is 12. The van der Waals surface area contributed by atoms with Gasteiger partial charge in [0.25, 0.3) is 0 Å². The standard InChI is InChI=1S/C30H36O5/c31-17-26-27(21-33-18-23-10-4-1-5-11-23)28(22-34-19-24-12-6-2-7-13-24)30(16-29(26)32)35-20-25-14-8-3-9-15-25/h1-15,26-32H,16-22H2/t26-,27-,28-,29+,30-/m0/s1. The van der Waals surface area contributed by atoms with Crippen molar-refractivity contribution in [3.05, 3.63) is 108 Å². The van der Waals surface area contributed by atoms with Crippen molar-refractivity contribution < 1.29 is 24.4 Å². The molecule has 0 aliphatic heterocycles. The van der Waals surface area contributed by atoms with Gasteiger partial charge in [-0.05, 0) is 22.6 Å². The Morgan fingerprint density at radius 2 is 1.06 bits per heavy atom. The third kappa shape index (κ3) is 7.47. The number of ether oxygens (including phenoxy) is 3. The van der Waals surface area contributed by atoms with Gasteiger partial charge in [-0.3, -0.25) is 0 Å². The maximum atomic E-state index is 10.9. The van der Waals surface area contributed by atoms with E-state index in [0.717, 1.165) is 16.7 Å². The van der Waals surface area contributed by atoms with Crippen LogP contribution in [0.1, 0.15) is 23.1 Å². The first-order chi connectivity index (χ1) is 17.2. The van der Waals surface area contributed by atoms with Crippen molar-refractivity contribution in [1.29, 1.82) is 0 Å². The summed E-state index contributed by atoms with van der Waals surface area (Å²) < 4.78 is 18.6. The summed E-state index contributed by atoms with van der Waals surface area (Å²) in [6, 6.07) is 30.2. The van der Waals surface area contributed by atoms with Crippen molar-refractivity contribution in [2.75, 3.05) is 19.8 Å². The number of aliphatic hydroxyl groups is 2. The third-order valence-corrected chi connectivity index (χ3v) is 6.91. The van der Waals surface area contributed by atoms with Gasteiger partial charge in [-0.2, -0.15) is 0 Å². The largest absolute Gasteiger partial charge is 0.396 e. The van der Waals surface area contributed by atoms with Gasteiger partial charge in [-0.1, -0.05) is 91.0 Å². The summed E-state index contributed by atoms with van der Waals surface area (Å²) in [5.41, 5.74) is 3.30. The van der Waals surface area contributed by atoms with E-state index in [9.17, 15) is 10.2 Å². The van der Waals surface area contributed by atoms with E-state index in [0.29, 0.717) is 39.5 Å². The van der Waals surface area contributed by atoms with E-state index in [2.05, 4.69) is 0 Å². The van der Waals surface area contributed by atoms with Crippen molar-refractivity contribution in [2.45, 2.75) is 38.4 Å². The molecule has 1 fully saturated rings. The van der Waals surface area contributed by atoms with Crippen molar-refractivity contribution in [2.24, 2.45) is 17.8 Å². The zero-order valence-electron chi connectivity index (χ0n) is 20.1. The molecule has 1 aliphatic carbocycles. The van der Waals surface area contributed by atoms with Crippen LogP contribution in [-0.2, 0) is 34.0 Å². The van der Waals surface area contributed by atoms with E-state index in [1.54, 1.807) is 0 Å². The summed E-state index contributed by atoms with van der Waals surface area (Å²) in [5.74, 6) is -0.393. The molecule has 5 atom stereocenters. The first-order valence-corrected chi connectivity index (χ1v) is 12.4. The number of hydrogen-bond acceptors (Lipinski definition) is 5. The summed E-state index contributed by atoms with van der Waals surface area (Å²) in [6.45, 7) is 2.25. The zero-order valence-corrected chi connectivity index (χ0v) is 20.1. The van der Waals surface area contributed by atoms with Crippen LogP contribution in [0.15, 0.2) is 91.0 Å². The molecule has 5 nitrogen and oxygen atoms in total. The van der Waals surface area contributed by atoms with Crippen LogP contribution in [0.5, 0.6) is 0 Å². The minimum absolute atomic E-state index is 0.0150. The maximum Gasteiger partial charge on any atom is 0.0720 e. The minimum atomic E-state index is -0.656. The molecule has 35 heavy (non-hydrogen) atoms. The van der Waals surface area contributed by atoms with Gasteiger partial charge in [-0.25, -0.2) is 0 Å². The second-order valence-electron chi connectivity index (χ2n) is 9.31. The Morgan fingerprint density at radius 3 is 1.54 bits per heavy atom. The van der Waals surface area contributed by atoms with Crippen molar-refractivity contribution >= 4 is 0 Å². The molecule has 0 aromatic heterocycles. The van der Waals surface area contributed by atoms with E-state index < -0.39 is 6.10 Å². The molecule has 0 heterocycles. The molecule has 3 aromatic rings. The van der Waals surface area contributed by atoms with Crippen molar-refractivity contribution in [3.8, 4) is 0 Å².